The smallest absolute Gasteiger partial charge is 0.0394 e. The lowest BCUT2D eigenvalue weighted by atomic mass is 9.75. The zero-order valence-electron chi connectivity index (χ0n) is 12.1. The van der Waals surface area contributed by atoms with Gasteiger partial charge in [-0.3, -0.25) is 16.2 Å². The zero-order chi connectivity index (χ0) is 12.9. The van der Waals surface area contributed by atoms with E-state index in [2.05, 4.69) is 38.0 Å². The van der Waals surface area contributed by atoms with Crippen molar-refractivity contribution in [3.05, 3.63) is 0 Å². The highest BCUT2D eigenvalue weighted by Crippen LogP contribution is 2.35. The van der Waals surface area contributed by atoms with Crippen LogP contribution in [0.1, 0.15) is 59.8 Å². The van der Waals surface area contributed by atoms with Crippen LogP contribution < -0.4 is 11.3 Å². The average Bonchev–Trinajstić information content (AvgIpc) is 2.29. The fourth-order valence-electron chi connectivity index (χ4n) is 3.20. The van der Waals surface area contributed by atoms with Gasteiger partial charge in [-0.15, -0.1) is 0 Å². The molecule has 0 aliphatic heterocycles. The van der Waals surface area contributed by atoms with Gasteiger partial charge in [0.25, 0.3) is 0 Å². The summed E-state index contributed by atoms with van der Waals surface area (Å²) in [5.41, 5.74) is 3.29. The number of nitrogens with zero attached hydrogens (tertiary/aromatic N) is 1. The minimum absolute atomic E-state index is 0.188. The van der Waals surface area contributed by atoms with E-state index in [1.807, 2.05) is 0 Å². The van der Waals surface area contributed by atoms with E-state index in [4.69, 9.17) is 5.84 Å². The molecule has 1 aliphatic carbocycles. The van der Waals surface area contributed by atoms with E-state index in [9.17, 15) is 0 Å². The maximum Gasteiger partial charge on any atom is 0.0394 e. The molecule has 0 aromatic rings. The highest BCUT2D eigenvalue weighted by Gasteiger charge is 2.38. The second-order valence-corrected chi connectivity index (χ2v) is 5.63. The first-order valence-electron chi connectivity index (χ1n) is 7.33. The molecule has 0 radical (unpaired) electrons. The Balaban J connectivity index is 2.70. The summed E-state index contributed by atoms with van der Waals surface area (Å²) in [5, 5.41) is 0. The minimum Gasteiger partial charge on any atom is -0.297 e. The van der Waals surface area contributed by atoms with Gasteiger partial charge in [0.15, 0.2) is 0 Å². The summed E-state index contributed by atoms with van der Waals surface area (Å²) >= 11 is 0. The molecule has 1 saturated carbocycles. The predicted molar refractivity (Wildman–Crippen MR) is 74.7 cm³/mol. The lowest BCUT2D eigenvalue weighted by molar-refractivity contribution is 0.0530. The Kier molecular flexibility index (Phi) is 5.90. The number of nitrogens with two attached hydrogens (primary N) is 1. The van der Waals surface area contributed by atoms with Crippen molar-refractivity contribution in [3.63, 3.8) is 0 Å². The van der Waals surface area contributed by atoms with Crippen LogP contribution in [0.3, 0.4) is 0 Å². The van der Waals surface area contributed by atoms with Crippen molar-refractivity contribution in [3.8, 4) is 0 Å². The van der Waals surface area contributed by atoms with Crippen molar-refractivity contribution in [1.82, 2.24) is 10.3 Å². The first kappa shape index (κ1) is 14.9. The number of hydrogen-bond donors (Lipinski definition) is 2. The molecule has 0 bridgehead atoms. The van der Waals surface area contributed by atoms with Crippen LogP contribution in [-0.2, 0) is 0 Å². The standard InChI is InChI=1S/C14H31N3/c1-5-14(4,17(6-2)7-3)13(16-15)11-12-9-8-10-12/h12-13,16H,5-11,15H2,1-4H3. The van der Waals surface area contributed by atoms with Gasteiger partial charge in [-0.2, -0.15) is 0 Å². The van der Waals surface area contributed by atoms with Crippen LogP contribution in [0.4, 0.5) is 0 Å². The molecule has 1 aliphatic rings. The second-order valence-electron chi connectivity index (χ2n) is 5.63. The van der Waals surface area contributed by atoms with Gasteiger partial charge in [-0.1, -0.05) is 40.0 Å². The Morgan fingerprint density at radius 3 is 2.18 bits per heavy atom. The molecular formula is C14H31N3. The van der Waals surface area contributed by atoms with Gasteiger partial charge < -0.3 is 0 Å². The molecule has 102 valence electrons. The van der Waals surface area contributed by atoms with Crippen molar-refractivity contribution in [2.45, 2.75) is 71.4 Å². The van der Waals surface area contributed by atoms with Gasteiger partial charge >= 0.3 is 0 Å². The summed E-state index contributed by atoms with van der Waals surface area (Å²) in [6.45, 7) is 11.3. The monoisotopic (exact) mass is 241 g/mol. The van der Waals surface area contributed by atoms with E-state index < -0.39 is 0 Å². The van der Waals surface area contributed by atoms with E-state index in [0.29, 0.717) is 6.04 Å². The first-order chi connectivity index (χ1) is 8.12. The largest absolute Gasteiger partial charge is 0.297 e. The quantitative estimate of drug-likeness (QED) is 0.507. The minimum atomic E-state index is 0.188. The van der Waals surface area contributed by atoms with E-state index in [1.54, 1.807) is 0 Å². The number of hydrogen-bond acceptors (Lipinski definition) is 3. The van der Waals surface area contributed by atoms with Crippen LogP contribution in [0.5, 0.6) is 0 Å². The Labute approximate surface area is 107 Å². The molecule has 0 saturated heterocycles. The van der Waals surface area contributed by atoms with E-state index >= 15 is 0 Å². The summed E-state index contributed by atoms with van der Waals surface area (Å²) in [6, 6.07) is 0.415. The summed E-state index contributed by atoms with van der Waals surface area (Å²) in [6.07, 6.45) is 6.59. The average molecular weight is 241 g/mol. The third-order valence-electron chi connectivity index (χ3n) is 4.95. The number of hydrazine groups is 1. The Morgan fingerprint density at radius 1 is 1.29 bits per heavy atom. The first-order valence-corrected chi connectivity index (χ1v) is 7.33. The van der Waals surface area contributed by atoms with Crippen LogP contribution in [0.25, 0.3) is 0 Å². The fraction of sp³-hybridized carbons (Fsp3) is 1.00. The van der Waals surface area contributed by atoms with Crippen LogP contribution in [0.2, 0.25) is 0 Å². The van der Waals surface area contributed by atoms with Gasteiger partial charge in [0.1, 0.15) is 0 Å². The van der Waals surface area contributed by atoms with Crippen molar-refractivity contribution in [1.29, 1.82) is 0 Å². The van der Waals surface area contributed by atoms with Crippen molar-refractivity contribution in [2.75, 3.05) is 13.1 Å². The fourth-order valence-corrected chi connectivity index (χ4v) is 3.20. The highest BCUT2D eigenvalue weighted by atomic mass is 15.3. The SMILES string of the molecule is CCN(CC)C(C)(CC)C(CC1CCC1)NN. The van der Waals surface area contributed by atoms with Crippen molar-refractivity contribution in [2.24, 2.45) is 11.8 Å². The van der Waals surface area contributed by atoms with E-state index in [0.717, 1.165) is 25.4 Å². The molecule has 1 fully saturated rings. The number of nitrogens with one attached hydrogen (secondary N) is 1. The summed E-state index contributed by atoms with van der Waals surface area (Å²) in [7, 11) is 0. The van der Waals surface area contributed by atoms with Gasteiger partial charge in [0.05, 0.1) is 0 Å². The highest BCUT2D eigenvalue weighted by molar-refractivity contribution is 4.96. The maximum absolute atomic E-state index is 5.83. The van der Waals surface area contributed by atoms with Crippen LogP contribution in [0.15, 0.2) is 0 Å². The maximum atomic E-state index is 5.83. The lowest BCUT2D eigenvalue weighted by Crippen LogP contribution is -2.61. The Bertz CT molecular complexity index is 212. The molecule has 3 N–H and O–H groups in total. The molecular weight excluding hydrogens is 210 g/mol. The zero-order valence-corrected chi connectivity index (χ0v) is 12.1. The normalized spacial score (nSPS) is 22.2. The van der Waals surface area contributed by atoms with E-state index in [-0.39, 0.29) is 5.54 Å². The molecule has 2 unspecified atom stereocenters. The molecule has 0 amide bonds. The second kappa shape index (κ2) is 6.72. The van der Waals surface area contributed by atoms with Gasteiger partial charge in [-0.05, 0) is 38.8 Å². The predicted octanol–water partition coefficient (Wildman–Crippen LogP) is 2.52. The van der Waals surface area contributed by atoms with E-state index in [1.165, 1.54) is 25.7 Å². The molecule has 0 aromatic heterocycles. The topological polar surface area (TPSA) is 41.3 Å². The number of likely N-dealkylation sites (N-methyl/N-ethyl adjacent to an activating group) is 1. The lowest BCUT2D eigenvalue weighted by Gasteiger charge is -2.47. The summed E-state index contributed by atoms with van der Waals surface area (Å²) < 4.78 is 0. The van der Waals surface area contributed by atoms with Gasteiger partial charge in [0, 0.05) is 11.6 Å². The molecule has 3 nitrogen and oxygen atoms in total. The van der Waals surface area contributed by atoms with Crippen LogP contribution in [0, 0.1) is 5.92 Å². The molecule has 3 heteroatoms. The Morgan fingerprint density at radius 2 is 1.88 bits per heavy atom. The van der Waals surface area contributed by atoms with Gasteiger partial charge in [0.2, 0.25) is 0 Å². The van der Waals surface area contributed by atoms with Crippen molar-refractivity contribution >= 4 is 0 Å². The molecule has 1 rings (SSSR count). The summed E-state index contributed by atoms with van der Waals surface area (Å²) in [5.74, 6) is 6.73. The third kappa shape index (κ3) is 3.21. The Hall–Kier alpha value is -0.120. The van der Waals surface area contributed by atoms with Gasteiger partial charge in [-0.25, -0.2) is 0 Å². The summed E-state index contributed by atoms with van der Waals surface area (Å²) in [4.78, 5) is 2.55. The molecule has 2 atom stereocenters. The third-order valence-corrected chi connectivity index (χ3v) is 4.95. The molecule has 0 aromatic carbocycles. The van der Waals surface area contributed by atoms with Crippen LogP contribution >= 0.6 is 0 Å². The van der Waals surface area contributed by atoms with Crippen LogP contribution in [-0.4, -0.2) is 29.6 Å². The molecule has 0 heterocycles. The molecule has 0 spiro atoms. The molecule has 17 heavy (non-hydrogen) atoms. The van der Waals surface area contributed by atoms with Crippen molar-refractivity contribution < 1.29 is 0 Å². The number of rotatable bonds is 8.